The molecule has 1 aromatic rings. The molecule has 1 unspecified atom stereocenters. The summed E-state index contributed by atoms with van der Waals surface area (Å²) >= 11 is 0. The first-order valence-electron chi connectivity index (χ1n) is 4.58. The van der Waals surface area contributed by atoms with Crippen molar-refractivity contribution in [2.75, 3.05) is 0 Å². The number of rotatable bonds is 2. The van der Waals surface area contributed by atoms with E-state index in [4.69, 9.17) is 11.0 Å². The molecule has 0 aliphatic rings. The molecule has 76 valence electrons. The van der Waals surface area contributed by atoms with Gasteiger partial charge in [0.25, 0.3) is 0 Å². The third-order valence-electron chi connectivity index (χ3n) is 2.48. The van der Waals surface area contributed by atoms with Crippen molar-refractivity contribution < 1.29 is 0 Å². The van der Waals surface area contributed by atoms with Crippen molar-refractivity contribution in [3.63, 3.8) is 0 Å². The summed E-state index contributed by atoms with van der Waals surface area (Å²) in [5.41, 5.74) is 8.14. The van der Waals surface area contributed by atoms with Gasteiger partial charge in [-0.3, -0.25) is 4.68 Å². The second kappa shape index (κ2) is 3.43. The molecule has 0 saturated heterocycles. The molecule has 4 nitrogen and oxygen atoms in total. The first-order chi connectivity index (χ1) is 6.37. The summed E-state index contributed by atoms with van der Waals surface area (Å²) in [5, 5.41) is 13.1. The minimum atomic E-state index is -0.852. The number of nitriles is 1. The molecule has 2 N–H and O–H groups in total. The van der Waals surface area contributed by atoms with Gasteiger partial charge in [0.15, 0.2) is 0 Å². The lowest BCUT2D eigenvalue weighted by Gasteiger charge is -2.16. The average Bonchev–Trinajstić information content (AvgIpc) is 2.33. The van der Waals surface area contributed by atoms with Gasteiger partial charge in [-0.2, -0.15) is 10.4 Å². The molecule has 0 bridgehead atoms. The minimum Gasteiger partial charge on any atom is -0.312 e. The van der Waals surface area contributed by atoms with Crippen molar-refractivity contribution in [1.29, 1.82) is 5.26 Å². The Hall–Kier alpha value is -1.34. The molecule has 0 radical (unpaired) electrons. The van der Waals surface area contributed by atoms with Crippen molar-refractivity contribution in [2.45, 2.75) is 39.8 Å². The quantitative estimate of drug-likeness (QED) is 0.761. The lowest BCUT2D eigenvalue weighted by molar-refractivity contribution is 0.450. The number of nitrogens with zero attached hydrogens (tertiary/aromatic N) is 3. The monoisotopic (exact) mass is 192 g/mol. The third-order valence-corrected chi connectivity index (χ3v) is 2.48. The number of nitrogens with two attached hydrogens (primary N) is 1. The molecule has 0 spiro atoms. The highest BCUT2D eigenvalue weighted by molar-refractivity contribution is 5.22. The van der Waals surface area contributed by atoms with E-state index in [0.29, 0.717) is 6.54 Å². The molecule has 4 heteroatoms. The summed E-state index contributed by atoms with van der Waals surface area (Å²) in [6, 6.07) is 2.06. The SMILES string of the molecule is Cc1nn(CC(C)(N)C#N)c(C)c1C. The van der Waals surface area contributed by atoms with Crippen LogP contribution in [0.1, 0.15) is 23.9 Å². The van der Waals surface area contributed by atoms with Crippen LogP contribution >= 0.6 is 0 Å². The number of hydrogen-bond acceptors (Lipinski definition) is 3. The molecule has 0 aliphatic heterocycles. The van der Waals surface area contributed by atoms with E-state index in [1.165, 1.54) is 5.56 Å². The van der Waals surface area contributed by atoms with E-state index in [9.17, 15) is 0 Å². The Morgan fingerprint density at radius 1 is 1.50 bits per heavy atom. The van der Waals surface area contributed by atoms with Gasteiger partial charge in [0, 0.05) is 5.69 Å². The molecule has 1 aromatic heterocycles. The molecule has 0 saturated carbocycles. The number of aryl methyl sites for hydroxylation is 1. The fourth-order valence-corrected chi connectivity index (χ4v) is 1.29. The highest BCUT2D eigenvalue weighted by Gasteiger charge is 2.20. The summed E-state index contributed by atoms with van der Waals surface area (Å²) in [5.74, 6) is 0. The van der Waals surface area contributed by atoms with Crippen LogP contribution in [0.3, 0.4) is 0 Å². The van der Waals surface area contributed by atoms with Crippen LogP contribution in [0, 0.1) is 32.1 Å². The lowest BCUT2D eigenvalue weighted by atomic mass is 10.1. The van der Waals surface area contributed by atoms with Crippen LogP contribution in [-0.2, 0) is 6.54 Å². The standard InChI is InChI=1S/C10H16N4/c1-7-8(2)13-14(9(7)3)6-10(4,12)5-11/h6,12H2,1-4H3. The summed E-state index contributed by atoms with van der Waals surface area (Å²) in [7, 11) is 0. The topological polar surface area (TPSA) is 67.6 Å². The van der Waals surface area contributed by atoms with Gasteiger partial charge in [0.1, 0.15) is 5.54 Å². The van der Waals surface area contributed by atoms with Crippen LogP contribution in [0.5, 0.6) is 0 Å². The van der Waals surface area contributed by atoms with Gasteiger partial charge in [-0.1, -0.05) is 0 Å². The van der Waals surface area contributed by atoms with Crippen LogP contribution in [0.15, 0.2) is 0 Å². The Morgan fingerprint density at radius 3 is 2.43 bits per heavy atom. The molecule has 0 fully saturated rings. The second-order valence-electron chi connectivity index (χ2n) is 3.98. The highest BCUT2D eigenvalue weighted by atomic mass is 15.3. The van der Waals surface area contributed by atoms with Crippen molar-refractivity contribution in [2.24, 2.45) is 5.73 Å². The number of hydrogen-bond donors (Lipinski definition) is 1. The molecular weight excluding hydrogens is 176 g/mol. The van der Waals surface area contributed by atoms with Crippen LogP contribution in [0.2, 0.25) is 0 Å². The molecule has 14 heavy (non-hydrogen) atoms. The Labute approximate surface area is 84.3 Å². The molecule has 0 amide bonds. The van der Waals surface area contributed by atoms with Gasteiger partial charge in [0.2, 0.25) is 0 Å². The third kappa shape index (κ3) is 1.94. The molecule has 1 atom stereocenters. The van der Waals surface area contributed by atoms with Gasteiger partial charge in [-0.15, -0.1) is 0 Å². The normalized spacial score (nSPS) is 14.9. The molecular formula is C10H16N4. The van der Waals surface area contributed by atoms with Crippen LogP contribution in [0.25, 0.3) is 0 Å². The Balaban J connectivity index is 3.00. The van der Waals surface area contributed by atoms with Gasteiger partial charge >= 0.3 is 0 Å². The van der Waals surface area contributed by atoms with Crippen LogP contribution < -0.4 is 5.73 Å². The van der Waals surface area contributed by atoms with E-state index < -0.39 is 5.54 Å². The van der Waals surface area contributed by atoms with E-state index >= 15 is 0 Å². The molecule has 0 aliphatic carbocycles. The van der Waals surface area contributed by atoms with Gasteiger partial charge < -0.3 is 5.73 Å². The average molecular weight is 192 g/mol. The fourth-order valence-electron chi connectivity index (χ4n) is 1.29. The van der Waals surface area contributed by atoms with Crippen LogP contribution in [0.4, 0.5) is 0 Å². The lowest BCUT2D eigenvalue weighted by Crippen LogP contribution is -2.39. The first kappa shape index (κ1) is 10.7. The first-order valence-corrected chi connectivity index (χ1v) is 4.58. The van der Waals surface area contributed by atoms with E-state index in [1.54, 1.807) is 11.6 Å². The zero-order chi connectivity index (χ0) is 10.9. The van der Waals surface area contributed by atoms with Gasteiger partial charge in [-0.05, 0) is 33.3 Å². The Kier molecular flexibility index (Phi) is 2.63. The molecule has 1 rings (SSSR count). The van der Waals surface area contributed by atoms with Crippen molar-refractivity contribution >= 4 is 0 Å². The van der Waals surface area contributed by atoms with Crippen molar-refractivity contribution in [3.05, 3.63) is 17.0 Å². The summed E-state index contributed by atoms with van der Waals surface area (Å²) in [6.07, 6.45) is 0. The van der Waals surface area contributed by atoms with E-state index in [2.05, 4.69) is 11.2 Å². The van der Waals surface area contributed by atoms with Gasteiger partial charge in [0.05, 0.1) is 18.3 Å². The van der Waals surface area contributed by atoms with Crippen molar-refractivity contribution in [1.82, 2.24) is 9.78 Å². The summed E-state index contributed by atoms with van der Waals surface area (Å²) in [4.78, 5) is 0. The van der Waals surface area contributed by atoms with Crippen molar-refractivity contribution in [3.8, 4) is 6.07 Å². The highest BCUT2D eigenvalue weighted by Crippen LogP contribution is 2.13. The zero-order valence-electron chi connectivity index (χ0n) is 9.13. The maximum atomic E-state index is 8.81. The predicted molar refractivity (Wildman–Crippen MR) is 54.6 cm³/mol. The van der Waals surface area contributed by atoms with E-state index in [0.717, 1.165) is 11.4 Å². The summed E-state index contributed by atoms with van der Waals surface area (Å²) in [6.45, 7) is 8.11. The zero-order valence-corrected chi connectivity index (χ0v) is 9.13. The molecule has 0 aromatic carbocycles. The van der Waals surface area contributed by atoms with E-state index in [-0.39, 0.29) is 0 Å². The Morgan fingerprint density at radius 2 is 2.07 bits per heavy atom. The minimum absolute atomic E-state index is 0.435. The summed E-state index contributed by atoms with van der Waals surface area (Å²) < 4.78 is 1.80. The largest absolute Gasteiger partial charge is 0.312 e. The van der Waals surface area contributed by atoms with Crippen LogP contribution in [-0.4, -0.2) is 15.3 Å². The van der Waals surface area contributed by atoms with Gasteiger partial charge in [-0.25, -0.2) is 0 Å². The predicted octanol–water partition coefficient (Wildman–Crippen LogP) is 1.05. The fraction of sp³-hybridized carbons (Fsp3) is 0.600. The maximum Gasteiger partial charge on any atom is 0.121 e. The Bertz CT molecular complexity index is 382. The maximum absolute atomic E-state index is 8.81. The molecule has 1 heterocycles. The number of aromatic nitrogens is 2. The smallest absolute Gasteiger partial charge is 0.121 e. The van der Waals surface area contributed by atoms with E-state index in [1.807, 2.05) is 20.8 Å². The second-order valence-corrected chi connectivity index (χ2v) is 3.98.